The number of nitrogens with one attached hydrogen (secondary N) is 1. The van der Waals surface area contributed by atoms with E-state index < -0.39 is 0 Å². The number of hydrogen-bond donors (Lipinski definition) is 1. The molecule has 9 heteroatoms. The number of carbonyl (C=O) groups is 2. The van der Waals surface area contributed by atoms with Gasteiger partial charge in [0, 0.05) is 30.2 Å². The summed E-state index contributed by atoms with van der Waals surface area (Å²) in [6, 6.07) is 20.6. The molecule has 0 aliphatic carbocycles. The molecule has 1 N–H and O–H groups in total. The Balaban J connectivity index is 1.43. The summed E-state index contributed by atoms with van der Waals surface area (Å²) in [6.07, 6.45) is 4.27. The minimum atomic E-state index is -0.389. The minimum Gasteiger partial charge on any atom is -0.462 e. The smallest absolute Gasteiger partial charge is 0.338 e. The highest BCUT2D eigenvalue weighted by Gasteiger charge is 2.16. The summed E-state index contributed by atoms with van der Waals surface area (Å²) in [6.45, 7) is 2.74. The van der Waals surface area contributed by atoms with E-state index in [1.165, 1.54) is 17.3 Å². The van der Waals surface area contributed by atoms with E-state index in [0.717, 1.165) is 12.0 Å². The summed E-state index contributed by atoms with van der Waals surface area (Å²) in [5, 5.41) is 12.2. The van der Waals surface area contributed by atoms with Crippen LogP contribution in [0.2, 0.25) is 0 Å². The standard InChI is InChI=1S/C26H25N5O3S/c1-2-34-25(33)20-10-12-22(13-11-20)28-23(32)18-35-26-30-29-24(21-9-6-15-27-17-21)31(26)16-14-19-7-4-3-5-8-19/h3-13,15,17H,2,14,16,18H2,1H3,(H,28,32). The number of amides is 1. The third-order valence-corrected chi connectivity index (χ3v) is 6.08. The van der Waals surface area contributed by atoms with Crippen LogP contribution >= 0.6 is 11.8 Å². The van der Waals surface area contributed by atoms with E-state index in [0.29, 0.717) is 35.4 Å². The summed E-state index contributed by atoms with van der Waals surface area (Å²) in [5.74, 6) is 0.307. The number of aryl methyl sites for hydroxylation is 1. The molecule has 0 atom stereocenters. The Labute approximate surface area is 207 Å². The number of nitrogens with zero attached hydrogens (tertiary/aromatic N) is 4. The van der Waals surface area contributed by atoms with Crippen LogP contribution in [-0.4, -0.2) is 44.0 Å². The van der Waals surface area contributed by atoms with Crippen molar-refractivity contribution in [1.82, 2.24) is 19.7 Å². The summed E-state index contributed by atoms with van der Waals surface area (Å²) in [7, 11) is 0. The zero-order chi connectivity index (χ0) is 24.5. The van der Waals surface area contributed by atoms with Crippen molar-refractivity contribution >= 4 is 29.3 Å². The van der Waals surface area contributed by atoms with Crippen LogP contribution in [0.25, 0.3) is 11.4 Å². The first kappa shape index (κ1) is 24.2. The molecule has 2 aromatic heterocycles. The Morgan fingerprint density at radius 1 is 1.00 bits per heavy atom. The van der Waals surface area contributed by atoms with Gasteiger partial charge in [0.25, 0.3) is 0 Å². The predicted octanol–water partition coefficient (Wildman–Crippen LogP) is 4.49. The highest BCUT2D eigenvalue weighted by Crippen LogP contribution is 2.24. The van der Waals surface area contributed by atoms with Gasteiger partial charge in [-0.1, -0.05) is 42.1 Å². The van der Waals surface area contributed by atoms with Crippen LogP contribution in [0.5, 0.6) is 0 Å². The van der Waals surface area contributed by atoms with Gasteiger partial charge in [-0.25, -0.2) is 4.79 Å². The van der Waals surface area contributed by atoms with Gasteiger partial charge >= 0.3 is 5.97 Å². The number of thioether (sulfide) groups is 1. The quantitative estimate of drug-likeness (QED) is 0.260. The van der Waals surface area contributed by atoms with E-state index in [9.17, 15) is 9.59 Å². The molecule has 178 valence electrons. The molecule has 8 nitrogen and oxygen atoms in total. The Hall–Kier alpha value is -3.98. The number of ether oxygens (including phenoxy) is 1. The van der Waals surface area contributed by atoms with Crippen molar-refractivity contribution in [1.29, 1.82) is 0 Å². The average molecular weight is 488 g/mol. The number of anilines is 1. The van der Waals surface area contributed by atoms with Crippen LogP contribution in [0.4, 0.5) is 5.69 Å². The van der Waals surface area contributed by atoms with E-state index in [4.69, 9.17) is 4.74 Å². The molecular weight excluding hydrogens is 462 g/mol. The molecule has 0 aliphatic heterocycles. The summed E-state index contributed by atoms with van der Waals surface area (Å²) < 4.78 is 7.00. The molecule has 0 unspecified atom stereocenters. The number of aromatic nitrogens is 4. The Bertz CT molecular complexity index is 1260. The fourth-order valence-electron chi connectivity index (χ4n) is 3.42. The summed E-state index contributed by atoms with van der Waals surface area (Å²) >= 11 is 1.32. The van der Waals surface area contributed by atoms with Crippen molar-refractivity contribution in [2.45, 2.75) is 25.0 Å². The van der Waals surface area contributed by atoms with Gasteiger partial charge in [-0.15, -0.1) is 10.2 Å². The Kier molecular flexibility index (Phi) is 8.24. The molecular formula is C26H25N5O3S. The molecule has 0 aliphatic rings. The maximum atomic E-state index is 12.6. The molecule has 0 saturated heterocycles. The second-order valence-electron chi connectivity index (χ2n) is 7.57. The molecule has 35 heavy (non-hydrogen) atoms. The van der Waals surface area contributed by atoms with Crippen molar-refractivity contribution < 1.29 is 14.3 Å². The molecule has 0 spiro atoms. The third kappa shape index (κ3) is 6.54. The molecule has 2 heterocycles. The van der Waals surface area contributed by atoms with E-state index in [2.05, 4.69) is 32.6 Å². The highest BCUT2D eigenvalue weighted by atomic mass is 32.2. The van der Waals surface area contributed by atoms with Gasteiger partial charge in [0.15, 0.2) is 11.0 Å². The van der Waals surface area contributed by atoms with E-state index in [1.807, 2.05) is 34.9 Å². The minimum absolute atomic E-state index is 0.163. The second kappa shape index (κ2) is 11.9. The lowest BCUT2D eigenvalue weighted by Gasteiger charge is -2.11. The maximum Gasteiger partial charge on any atom is 0.338 e. The van der Waals surface area contributed by atoms with Crippen molar-refractivity contribution in [3.05, 3.63) is 90.3 Å². The lowest BCUT2D eigenvalue weighted by molar-refractivity contribution is -0.113. The molecule has 4 aromatic rings. The van der Waals surface area contributed by atoms with Crippen LogP contribution < -0.4 is 5.32 Å². The first-order chi connectivity index (χ1) is 17.1. The van der Waals surface area contributed by atoms with Crippen LogP contribution in [-0.2, 0) is 22.5 Å². The highest BCUT2D eigenvalue weighted by molar-refractivity contribution is 7.99. The van der Waals surface area contributed by atoms with Gasteiger partial charge in [0.2, 0.25) is 5.91 Å². The third-order valence-electron chi connectivity index (χ3n) is 5.12. The van der Waals surface area contributed by atoms with Gasteiger partial charge in [-0.2, -0.15) is 0 Å². The largest absolute Gasteiger partial charge is 0.462 e. The van der Waals surface area contributed by atoms with Crippen LogP contribution in [0, 0.1) is 0 Å². The van der Waals surface area contributed by atoms with E-state index in [1.54, 1.807) is 43.6 Å². The number of hydrogen-bond acceptors (Lipinski definition) is 7. The number of benzene rings is 2. The lowest BCUT2D eigenvalue weighted by Crippen LogP contribution is -2.15. The first-order valence-electron chi connectivity index (χ1n) is 11.2. The maximum absolute atomic E-state index is 12.6. The molecule has 0 bridgehead atoms. The normalized spacial score (nSPS) is 10.7. The number of pyridine rings is 1. The number of carbonyl (C=O) groups excluding carboxylic acids is 2. The van der Waals surface area contributed by atoms with Crippen LogP contribution in [0.3, 0.4) is 0 Å². The fourth-order valence-corrected chi connectivity index (χ4v) is 4.19. The van der Waals surface area contributed by atoms with Gasteiger partial charge < -0.3 is 14.6 Å². The zero-order valence-corrected chi connectivity index (χ0v) is 20.1. The molecule has 2 aromatic carbocycles. The molecule has 0 saturated carbocycles. The summed E-state index contributed by atoms with van der Waals surface area (Å²) in [5.41, 5.74) is 3.11. The van der Waals surface area contributed by atoms with Gasteiger partial charge in [-0.3, -0.25) is 9.78 Å². The van der Waals surface area contributed by atoms with E-state index in [-0.39, 0.29) is 17.6 Å². The van der Waals surface area contributed by atoms with Crippen molar-refractivity contribution in [3.8, 4) is 11.4 Å². The van der Waals surface area contributed by atoms with Gasteiger partial charge in [-0.05, 0) is 55.3 Å². The van der Waals surface area contributed by atoms with Crippen molar-refractivity contribution in [2.24, 2.45) is 0 Å². The van der Waals surface area contributed by atoms with Crippen LogP contribution in [0.15, 0.2) is 84.3 Å². The van der Waals surface area contributed by atoms with Crippen molar-refractivity contribution in [3.63, 3.8) is 0 Å². The van der Waals surface area contributed by atoms with Gasteiger partial charge in [0.05, 0.1) is 17.9 Å². The Morgan fingerprint density at radius 3 is 2.51 bits per heavy atom. The monoisotopic (exact) mass is 487 g/mol. The zero-order valence-electron chi connectivity index (χ0n) is 19.3. The summed E-state index contributed by atoms with van der Waals surface area (Å²) in [4.78, 5) is 28.6. The lowest BCUT2D eigenvalue weighted by atomic mass is 10.1. The Morgan fingerprint density at radius 2 is 1.80 bits per heavy atom. The molecule has 0 radical (unpaired) electrons. The number of esters is 1. The second-order valence-corrected chi connectivity index (χ2v) is 8.51. The molecule has 4 rings (SSSR count). The van der Waals surface area contributed by atoms with Crippen LogP contribution in [0.1, 0.15) is 22.8 Å². The number of rotatable bonds is 10. The first-order valence-corrected chi connectivity index (χ1v) is 12.2. The fraction of sp³-hybridized carbons (Fsp3) is 0.192. The average Bonchev–Trinajstić information content (AvgIpc) is 3.30. The SMILES string of the molecule is CCOC(=O)c1ccc(NC(=O)CSc2nnc(-c3cccnc3)n2CCc2ccccc2)cc1. The molecule has 0 fully saturated rings. The van der Waals surface area contributed by atoms with Gasteiger partial charge in [0.1, 0.15) is 0 Å². The topological polar surface area (TPSA) is 99.0 Å². The van der Waals surface area contributed by atoms with Crippen molar-refractivity contribution in [2.75, 3.05) is 17.7 Å². The predicted molar refractivity (Wildman–Crippen MR) is 135 cm³/mol. The molecule has 1 amide bonds. The van der Waals surface area contributed by atoms with E-state index >= 15 is 0 Å².